The highest BCUT2D eigenvalue weighted by atomic mass is 14.9. The molecule has 0 radical (unpaired) electrons. The maximum absolute atomic E-state index is 5.35. The Labute approximate surface area is 345 Å². The highest BCUT2D eigenvalue weighted by Gasteiger charge is 2.39. The van der Waals surface area contributed by atoms with Gasteiger partial charge in [0.25, 0.3) is 0 Å². The highest BCUT2D eigenvalue weighted by molar-refractivity contribution is 6.07. The van der Waals surface area contributed by atoms with E-state index < -0.39 is 0 Å². The predicted molar refractivity (Wildman–Crippen MR) is 247 cm³/mol. The fourth-order valence-electron chi connectivity index (χ4n) is 9.49. The summed E-state index contributed by atoms with van der Waals surface area (Å²) in [7, 11) is 0. The first-order chi connectivity index (χ1) is 29.0. The van der Waals surface area contributed by atoms with Crippen LogP contribution in [0.25, 0.3) is 100.0 Å². The van der Waals surface area contributed by atoms with Gasteiger partial charge in [0.05, 0.1) is 11.4 Å². The van der Waals surface area contributed by atoms with Crippen molar-refractivity contribution in [1.29, 1.82) is 0 Å². The van der Waals surface area contributed by atoms with Gasteiger partial charge < -0.3 is 0 Å². The van der Waals surface area contributed by atoms with E-state index in [9.17, 15) is 0 Å². The van der Waals surface area contributed by atoms with Crippen molar-refractivity contribution in [2.45, 2.75) is 19.3 Å². The molecule has 10 aromatic rings. The van der Waals surface area contributed by atoms with Crippen LogP contribution in [0.5, 0.6) is 0 Å². The fourth-order valence-corrected chi connectivity index (χ4v) is 9.49. The minimum atomic E-state index is -0.190. The lowest BCUT2D eigenvalue weighted by molar-refractivity contribution is 0.668. The van der Waals surface area contributed by atoms with E-state index in [-0.39, 0.29) is 5.41 Å². The summed E-state index contributed by atoms with van der Waals surface area (Å²) in [6, 6.07) is 74.2. The molecule has 0 unspecified atom stereocenters. The van der Waals surface area contributed by atoms with Gasteiger partial charge in [0, 0.05) is 22.1 Å². The highest BCUT2D eigenvalue weighted by Crippen LogP contribution is 2.55. The van der Waals surface area contributed by atoms with Gasteiger partial charge in [0.2, 0.25) is 0 Å². The minimum Gasteiger partial charge on any atom is -0.228 e. The second-order valence-electron chi connectivity index (χ2n) is 16.1. The normalized spacial score (nSPS) is 12.7. The number of rotatable bonds is 6. The van der Waals surface area contributed by atoms with E-state index in [0.29, 0.717) is 5.82 Å². The molecule has 0 aliphatic heterocycles. The van der Waals surface area contributed by atoms with E-state index in [1.807, 2.05) is 0 Å². The zero-order valence-corrected chi connectivity index (χ0v) is 33.0. The van der Waals surface area contributed by atoms with Crippen molar-refractivity contribution in [3.8, 4) is 78.4 Å². The minimum absolute atomic E-state index is 0.190. The Kier molecular flexibility index (Phi) is 8.20. The molecule has 1 aliphatic rings. The van der Waals surface area contributed by atoms with Crippen LogP contribution in [0, 0.1) is 0 Å². The molecule has 0 spiro atoms. The summed E-state index contributed by atoms with van der Waals surface area (Å²) in [6.07, 6.45) is 0. The first kappa shape index (κ1) is 34.8. The maximum atomic E-state index is 5.35. The Bertz CT molecular complexity index is 3100. The van der Waals surface area contributed by atoms with Crippen LogP contribution in [0.1, 0.15) is 25.0 Å². The molecular weight excluding hydrogens is 713 g/mol. The van der Waals surface area contributed by atoms with Gasteiger partial charge in [0.15, 0.2) is 5.82 Å². The molecule has 2 nitrogen and oxygen atoms in total. The van der Waals surface area contributed by atoms with Gasteiger partial charge in [-0.15, -0.1) is 0 Å². The number of nitrogens with zero attached hydrogens (tertiary/aromatic N) is 2. The quantitative estimate of drug-likeness (QED) is 0.169. The summed E-state index contributed by atoms with van der Waals surface area (Å²) >= 11 is 0. The largest absolute Gasteiger partial charge is 0.228 e. The van der Waals surface area contributed by atoms with Crippen LogP contribution in [0.3, 0.4) is 0 Å². The molecule has 0 saturated heterocycles. The molecule has 0 atom stereocenters. The van der Waals surface area contributed by atoms with Gasteiger partial charge >= 0.3 is 0 Å². The van der Waals surface area contributed by atoms with E-state index in [4.69, 9.17) is 9.97 Å². The van der Waals surface area contributed by atoms with Gasteiger partial charge in [-0.2, -0.15) is 0 Å². The van der Waals surface area contributed by atoms with Crippen LogP contribution in [0.15, 0.2) is 206 Å². The molecular formula is C57H40N2. The molecule has 0 amide bonds. The Balaban J connectivity index is 1.06. The topological polar surface area (TPSA) is 25.8 Å². The average Bonchev–Trinajstić information content (AvgIpc) is 3.55. The molecule has 0 fully saturated rings. The van der Waals surface area contributed by atoms with Crippen LogP contribution in [-0.4, -0.2) is 9.97 Å². The molecule has 9 aromatic carbocycles. The summed E-state index contributed by atoms with van der Waals surface area (Å²) < 4.78 is 0. The number of aromatic nitrogens is 2. The third-order valence-corrected chi connectivity index (χ3v) is 12.3. The van der Waals surface area contributed by atoms with Crippen LogP contribution in [-0.2, 0) is 5.41 Å². The number of hydrogen-bond donors (Lipinski definition) is 0. The summed E-state index contributed by atoms with van der Waals surface area (Å²) in [4.78, 5) is 10.6. The number of benzene rings is 9. The van der Waals surface area contributed by atoms with Gasteiger partial charge in [-0.25, -0.2) is 9.97 Å². The maximum Gasteiger partial charge on any atom is 0.160 e. The third kappa shape index (κ3) is 5.87. The Morgan fingerprint density at radius 3 is 1.42 bits per heavy atom. The lowest BCUT2D eigenvalue weighted by Crippen LogP contribution is -2.17. The summed E-state index contributed by atoms with van der Waals surface area (Å²) in [5.74, 6) is 0.699. The third-order valence-electron chi connectivity index (χ3n) is 12.3. The van der Waals surface area contributed by atoms with Crippen LogP contribution < -0.4 is 0 Å². The molecule has 1 aromatic heterocycles. The molecule has 59 heavy (non-hydrogen) atoms. The molecule has 11 rings (SSSR count). The first-order valence-electron chi connectivity index (χ1n) is 20.4. The molecule has 1 heterocycles. The van der Waals surface area contributed by atoms with Crippen LogP contribution in [0.2, 0.25) is 0 Å². The first-order valence-corrected chi connectivity index (χ1v) is 20.4. The summed E-state index contributed by atoms with van der Waals surface area (Å²) in [5, 5.41) is 4.98. The van der Waals surface area contributed by atoms with Crippen molar-refractivity contribution >= 4 is 21.5 Å². The van der Waals surface area contributed by atoms with Crippen molar-refractivity contribution in [3.63, 3.8) is 0 Å². The molecule has 0 N–H and O–H groups in total. The fraction of sp³-hybridized carbons (Fsp3) is 0.0526. The van der Waals surface area contributed by atoms with E-state index in [1.165, 1.54) is 66.2 Å². The Morgan fingerprint density at radius 1 is 0.305 bits per heavy atom. The van der Waals surface area contributed by atoms with Crippen molar-refractivity contribution < 1.29 is 0 Å². The second-order valence-corrected chi connectivity index (χ2v) is 16.1. The van der Waals surface area contributed by atoms with Gasteiger partial charge in [-0.05, 0) is 83.2 Å². The van der Waals surface area contributed by atoms with E-state index in [2.05, 4.69) is 220 Å². The Hall–Kier alpha value is -7.42. The predicted octanol–water partition coefficient (Wildman–Crippen LogP) is 15.1. The molecule has 0 bridgehead atoms. The second kappa shape index (κ2) is 13.9. The zero-order valence-electron chi connectivity index (χ0n) is 33.0. The van der Waals surface area contributed by atoms with Gasteiger partial charge in [-0.1, -0.05) is 214 Å². The average molecular weight is 753 g/mol. The van der Waals surface area contributed by atoms with Crippen molar-refractivity contribution in [2.75, 3.05) is 0 Å². The summed E-state index contributed by atoms with van der Waals surface area (Å²) in [6.45, 7) is 4.79. The monoisotopic (exact) mass is 752 g/mol. The smallest absolute Gasteiger partial charge is 0.160 e. The Morgan fingerprint density at radius 2 is 0.763 bits per heavy atom. The van der Waals surface area contributed by atoms with Gasteiger partial charge in [-0.3, -0.25) is 0 Å². The van der Waals surface area contributed by atoms with E-state index >= 15 is 0 Å². The zero-order chi connectivity index (χ0) is 39.5. The van der Waals surface area contributed by atoms with E-state index in [0.717, 1.165) is 39.0 Å². The van der Waals surface area contributed by atoms with Crippen LogP contribution in [0.4, 0.5) is 0 Å². The molecule has 2 heteroatoms. The SMILES string of the molecule is CC1(C)c2c(cccc2-c2ccc(-c3cc(-c4ccc(-c5ccccc5)cc4)nc(-c4ccc(-c5ccccc5)cc4)n3)c3ccccc23)-c2ccc3ccccc3c21. The van der Waals surface area contributed by atoms with Crippen molar-refractivity contribution in [3.05, 3.63) is 217 Å². The lowest BCUT2D eigenvalue weighted by Gasteiger charge is -2.26. The van der Waals surface area contributed by atoms with Crippen molar-refractivity contribution in [1.82, 2.24) is 9.97 Å². The summed E-state index contributed by atoms with van der Waals surface area (Å²) in [5.41, 5.74) is 17.4. The van der Waals surface area contributed by atoms with Gasteiger partial charge in [0.1, 0.15) is 0 Å². The molecule has 0 saturated carbocycles. The molecule has 278 valence electrons. The number of hydrogen-bond acceptors (Lipinski definition) is 2. The standard InChI is InChI=1S/C57H40N2/c1-57(2)54-44-19-10-9-18-41(44)32-33-51(54)50-23-13-22-49(55(50)57)47-34-35-48(46-21-12-11-20-45(46)47)53-36-52(42-28-24-39(25-29-42)37-14-5-3-6-15-37)58-56(59-53)43-30-26-40(27-31-43)38-16-7-4-8-17-38/h3-36H,1-2H3. The van der Waals surface area contributed by atoms with Crippen molar-refractivity contribution in [2.24, 2.45) is 0 Å². The van der Waals surface area contributed by atoms with E-state index in [1.54, 1.807) is 0 Å². The molecule has 1 aliphatic carbocycles. The lowest BCUT2D eigenvalue weighted by atomic mass is 9.77. The number of fused-ring (bicyclic) bond motifs is 6. The van der Waals surface area contributed by atoms with Crippen LogP contribution >= 0.6 is 0 Å².